The van der Waals surface area contributed by atoms with E-state index in [1.807, 2.05) is 0 Å². The number of nitrogens with zero attached hydrogens (tertiary/aromatic N) is 2. The predicted octanol–water partition coefficient (Wildman–Crippen LogP) is -0.110. The Labute approximate surface area is 81.4 Å². The third-order valence-corrected chi connectivity index (χ3v) is 1.80. The lowest BCUT2D eigenvalue weighted by Gasteiger charge is -2.13. The highest BCUT2D eigenvalue weighted by atomic mass is 16.3. The van der Waals surface area contributed by atoms with E-state index >= 15 is 0 Å². The van der Waals surface area contributed by atoms with Crippen LogP contribution >= 0.6 is 0 Å². The zero-order valence-electron chi connectivity index (χ0n) is 7.68. The second-order valence-corrected chi connectivity index (χ2v) is 3.01. The van der Waals surface area contributed by atoms with E-state index in [1.54, 1.807) is 13.0 Å². The first-order valence-electron chi connectivity index (χ1n) is 4.04. The number of pyridine rings is 1. The monoisotopic (exact) mass is 193 g/mol. The number of hydrogen-bond donors (Lipinski definition) is 3. The Balaban J connectivity index is 3.03. The van der Waals surface area contributed by atoms with E-state index in [4.69, 9.17) is 16.1 Å². The van der Waals surface area contributed by atoms with Crippen LogP contribution in [0.25, 0.3) is 0 Å². The molecule has 2 unspecified atom stereocenters. The van der Waals surface area contributed by atoms with Crippen molar-refractivity contribution in [2.45, 2.75) is 19.1 Å². The minimum absolute atomic E-state index is 0.129. The van der Waals surface area contributed by atoms with Crippen molar-refractivity contribution in [2.24, 2.45) is 0 Å². The van der Waals surface area contributed by atoms with Crippen LogP contribution in [0, 0.1) is 18.3 Å². The van der Waals surface area contributed by atoms with E-state index in [-0.39, 0.29) is 11.4 Å². The first-order chi connectivity index (χ1) is 6.56. The number of rotatable bonds is 2. The number of hydrogen-bond acceptors (Lipinski definition) is 5. The van der Waals surface area contributed by atoms with Gasteiger partial charge in [0.1, 0.15) is 6.10 Å². The molecule has 5 nitrogen and oxygen atoms in total. The molecule has 1 rings (SSSR count). The van der Waals surface area contributed by atoms with Gasteiger partial charge >= 0.3 is 0 Å². The fourth-order valence-corrected chi connectivity index (χ4v) is 1.07. The van der Waals surface area contributed by atoms with Gasteiger partial charge in [-0.3, -0.25) is 4.98 Å². The van der Waals surface area contributed by atoms with Crippen LogP contribution in [0.15, 0.2) is 12.3 Å². The van der Waals surface area contributed by atoms with Crippen LogP contribution in [0.2, 0.25) is 0 Å². The van der Waals surface area contributed by atoms with Crippen LogP contribution in [-0.4, -0.2) is 21.3 Å². The molecule has 0 aliphatic rings. The molecule has 0 aliphatic heterocycles. The second-order valence-electron chi connectivity index (χ2n) is 3.01. The second kappa shape index (κ2) is 4.05. The molecular formula is C9H11N3O2. The normalized spacial score (nSPS) is 14.4. The van der Waals surface area contributed by atoms with Crippen LogP contribution in [0.3, 0.4) is 0 Å². The van der Waals surface area contributed by atoms with Gasteiger partial charge in [0.25, 0.3) is 0 Å². The third kappa shape index (κ3) is 1.99. The molecule has 0 bridgehead atoms. The Bertz CT molecular complexity index is 373. The van der Waals surface area contributed by atoms with Gasteiger partial charge in [0.2, 0.25) is 0 Å². The first-order valence-corrected chi connectivity index (χ1v) is 4.04. The average molecular weight is 193 g/mol. The molecule has 0 aromatic carbocycles. The fraction of sp³-hybridized carbons (Fsp3) is 0.333. The number of nitriles is 1. The van der Waals surface area contributed by atoms with Crippen LogP contribution in [0.1, 0.15) is 17.4 Å². The highest BCUT2D eigenvalue weighted by Crippen LogP contribution is 2.21. The highest BCUT2D eigenvalue weighted by Gasteiger charge is 2.21. The number of aliphatic hydroxyl groups is 2. The van der Waals surface area contributed by atoms with E-state index in [2.05, 4.69) is 4.98 Å². The molecule has 5 heteroatoms. The predicted molar refractivity (Wildman–Crippen MR) is 50.0 cm³/mol. The third-order valence-electron chi connectivity index (χ3n) is 1.80. The molecule has 0 saturated carbocycles. The van der Waals surface area contributed by atoms with E-state index in [0.29, 0.717) is 0 Å². The maximum atomic E-state index is 9.45. The zero-order chi connectivity index (χ0) is 10.7. The molecule has 4 N–H and O–H groups in total. The number of aliphatic hydroxyl groups excluding tert-OH is 2. The maximum Gasteiger partial charge on any atom is 0.172 e. The molecule has 2 atom stereocenters. The van der Waals surface area contributed by atoms with Crippen molar-refractivity contribution in [1.82, 2.24) is 4.98 Å². The zero-order valence-corrected chi connectivity index (χ0v) is 7.68. The first kappa shape index (κ1) is 10.4. The molecule has 14 heavy (non-hydrogen) atoms. The van der Waals surface area contributed by atoms with Gasteiger partial charge in [-0.25, -0.2) is 0 Å². The summed E-state index contributed by atoms with van der Waals surface area (Å²) in [5.41, 5.74) is 6.82. The van der Waals surface area contributed by atoms with Crippen LogP contribution in [-0.2, 0) is 0 Å². The maximum absolute atomic E-state index is 9.45. The number of nitrogen functional groups attached to an aromatic ring is 1. The van der Waals surface area contributed by atoms with Crippen molar-refractivity contribution in [3.8, 4) is 6.07 Å². The summed E-state index contributed by atoms with van der Waals surface area (Å²) in [6, 6.07) is 3.14. The molecule has 74 valence electrons. The van der Waals surface area contributed by atoms with Crippen molar-refractivity contribution >= 4 is 5.69 Å². The fourth-order valence-electron chi connectivity index (χ4n) is 1.07. The highest BCUT2D eigenvalue weighted by molar-refractivity contribution is 5.46. The van der Waals surface area contributed by atoms with Crippen LogP contribution in [0.4, 0.5) is 5.69 Å². The van der Waals surface area contributed by atoms with Crippen molar-refractivity contribution in [3.05, 3.63) is 23.5 Å². The minimum Gasteiger partial charge on any atom is -0.397 e. The van der Waals surface area contributed by atoms with Gasteiger partial charge < -0.3 is 15.9 Å². The number of aryl methyl sites for hydroxylation is 1. The molecule has 0 fully saturated rings. The largest absolute Gasteiger partial charge is 0.397 e. The van der Waals surface area contributed by atoms with Crippen molar-refractivity contribution in [1.29, 1.82) is 5.26 Å². The Morgan fingerprint density at radius 3 is 2.71 bits per heavy atom. The summed E-state index contributed by atoms with van der Waals surface area (Å²) in [4.78, 5) is 3.86. The number of nitrogens with two attached hydrogens (primary N) is 1. The van der Waals surface area contributed by atoms with Crippen LogP contribution in [0.5, 0.6) is 0 Å². The van der Waals surface area contributed by atoms with Crippen molar-refractivity contribution in [3.63, 3.8) is 0 Å². The summed E-state index contributed by atoms with van der Waals surface area (Å²) < 4.78 is 0. The summed E-state index contributed by atoms with van der Waals surface area (Å²) in [6.45, 7) is 1.81. The Hall–Kier alpha value is -1.64. The smallest absolute Gasteiger partial charge is 0.172 e. The van der Waals surface area contributed by atoms with E-state index in [0.717, 1.165) is 5.56 Å². The quantitative estimate of drug-likeness (QED) is 0.568. The standard InChI is InChI=1S/C9H11N3O2/c1-5-2-6(11)8(12-4-5)9(14)7(13)3-10/h2,4,7,9,13-14H,11H2,1H3. The van der Waals surface area contributed by atoms with Crippen molar-refractivity contribution < 1.29 is 10.2 Å². The van der Waals surface area contributed by atoms with Gasteiger partial charge in [-0.1, -0.05) is 0 Å². The topological polar surface area (TPSA) is 103 Å². The molecule has 0 spiro atoms. The lowest BCUT2D eigenvalue weighted by molar-refractivity contribution is 0.0504. The van der Waals surface area contributed by atoms with Gasteiger partial charge in [0.15, 0.2) is 6.10 Å². The molecule has 0 aliphatic carbocycles. The lowest BCUT2D eigenvalue weighted by Crippen LogP contribution is -2.18. The SMILES string of the molecule is Cc1cnc(C(O)C(O)C#N)c(N)c1. The van der Waals surface area contributed by atoms with E-state index in [9.17, 15) is 5.11 Å². The molecular weight excluding hydrogens is 182 g/mol. The summed E-state index contributed by atoms with van der Waals surface area (Å²) in [6.07, 6.45) is -1.35. The molecule has 0 radical (unpaired) electrons. The Kier molecular flexibility index (Phi) is 3.02. The summed E-state index contributed by atoms with van der Waals surface area (Å²) in [7, 11) is 0. The van der Waals surface area contributed by atoms with Gasteiger partial charge in [-0.15, -0.1) is 0 Å². The summed E-state index contributed by atoms with van der Waals surface area (Å²) in [5, 5.41) is 26.9. The van der Waals surface area contributed by atoms with Gasteiger partial charge in [-0.2, -0.15) is 5.26 Å². The molecule has 0 amide bonds. The summed E-state index contributed by atoms with van der Waals surface area (Å²) >= 11 is 0. The van der Waals surface area contributed by atoms with Crippen molar-refractivity contribution in [2.75, 3.05) is 5.73 Å². The van der Waals surface area contributed by atoms with Gasteiger partial charge in [-0.05, 0) is 18.6 Å². The van der Waals surface area contributed by atoms with E-state index in [1.165, 1.54) is 12.3 Å². The van der Waals surface area contributed by atoms with Gasteiger partial charge in [0, 0.05) is 6.20 Å². The number of aromatic nitrogens is 1. The Morgan fingerprint density at radius 1 is 1.57 bits per heavy atom. The molecule has 1 heterocycles. The minimum atomic E-state index is -1.51. The molecule has 0 saturated heterocycles. The van der Waals surface area contributed by atoms with Gasteiger partial charge in [0.05, 0.1) is 17.5 Å². The molecule has 1 aromatic rings. The Morgan fingerprint density at radius 2 is 2.21 bits per heavy atom. The molecule has 1 aromatic heterocycles. The van der Waals surface area contributed by atoms with Crippen LogP contribution < -0.4 is 5.73 Å². The number of anilines is 1. The lowest BCUT2D eigenvalue weighted by atomic mass is 10.1. The summed E-state index contributed by atoms with van der Waals surface area (Å²) in [5.74, 6) is 0. The average Bonchev–Trinajstić information content (AvgIpc) is 2.15. The van der Waals surface area contributed by atoms with E-state index < -0.39 is 12.2 Å².